The summed E-state index contributed by atoms with van der Waals surface area (Å²) in [4.78, 5) is 26.7. The average Bonchev–Trinajstić information content (AvgIpc) is 3.33. The number of amides is 2. The van der Waals surface area contributed by atoms with E-state index in [1.807, 2.05) is 12.1 Å². The molecule has 0 saturated carbocycles. The van der Waals surface area contributed by atoms with Gasteiger partial charge in [0.15, 0.2) is 0 Å². The van der Waals surface area contributed by atoms with Crippen molar-refractivity contribution in [1.82, 2.24) is 9.78 Å². The number of aryl methyl sites for hydroxylation is 1. The summed E-state index contributed by atoms with van der Waals surface area (Å²) in [6.45, 7) is 2.27. The van der Waals surface area contributed by atoms with E-state index in [-0.39, 0.29) is 21.6 Å². The van der Waals surface area contributed by atoms with E-state index in [2.05, 4.69) is 12.0 Å². The molecule has 0 aliphatic heterocycles. The molecule has 0 unspecified atom stereocenters. The van der Waals surface area contributed by atoms with Crippen molar-refractivity contribution in [3.05, 3.63) is 72.4 Å². The molecule has 0 spiro atoms. The van der Waals surface area contributed by atoms with Crippen molar-refractivity contribution in [1.29, 1.82) is 0 Å². The molecule has 3 N–H and O–H groups in total. The molecule has 1 heterocycles. The summed E-state index contributed by atoms with van der Waals surface area (Å²) in [7, 11) is 0. The smallest absolute Gasteiger partial charge is 0.325 e. The molecule has 6 nitrogen and oxygen atoms in total. The molecule has 0 aliphatic rings. The number of hydrogen-bond donors (Lipinski definition) is 2. The van der Waals surface area contributed by atoms with Crippen LogP contribution in [0.2, 0.25) is 20.1 Å². The molecular weight excluding hydrogens is 638 g/mol. The molecule has 242 valence electrons. The summed E-state index contributed by atoms with van der Waals surface area (Å²) in [5.41, 5.74) is 6.90. The van der Waals surface area contributed by atoms with Gasteiger partial charge in [-0.2, -0.15) is 0 Å². The monoisotopic (exact) mass is 682 g/mol. The fourth-order valence-corrected chi connectivity index (χ4v) is 6.73. The van der Waals surface area contributed by atoms with Crippen LogP contribution in [0.25, 0.3) is 5.69 Å². The van der Waals surface area contributed by atoms with Crippen molar-refractivity contribution in [2.45, 2.75) is 116 Å². The molecule has 0 fully saturated rings. The van der Waals surface area contributed by atoms with Crippen LogP contribution in [0.15, 0.2) is 41.2 Å². The molecule has 0 bridgehead atoms. The van der Waals surface area contributed by atoms with E-state index in [0.29, 0.717) is 15.7 Å². The van der Waals surface area contributed by atoms with Crippen molar-refractivity contribution in [2.75, 3.05) is 4.90 Å². The van der Waals surface area contributed by atoms with Crippen LogP contribution in [0.3, 0.4) is 0 Å². The Morgan fingerprint density at radius 2 is 1.23 bits per heavy atom. The van der Waals surface area contributed by atoms with Gasteiger partial charge in [-0.05, 0) is 42.7 Å². The van der Waals surface area contributed by atoms with Gasteiger partial charge in [-0.15, -0.1) is 0 Å². The number of rotatable bonds is 20. The van der Waals surface area contributed by atoms with Gasteiger partial charge in [-0.25, -0.2) is 14.4 Å². The van der Waals surface area contributed by atoms with E-state index in [1.165, 1.54) is 113 Å². The number of primary amides is 1. The first-order chi connectivity index (χ1) is 21.2. The Bertz CT molecular complexity index is 1360. The lowest BCUT2D eigenvalue weighted by atomic mass is 10.0. The van der Waals surface area contributed by atoms with Gasteiger partial charge < -0.3 is 5.73 Å². The SMILES string of the molecule is CCCCCCCCCCCCCCCCCCc1ccc(Cl)c(N(C(N)=O)c2cc(=O)n(-c3c(Cl)cc(Cl)cc3Cl)[nH]2)c1. The Morgan fingerprint density at radius 3 is 1.73 bits per heavy atom. The van der Waals surface area contributed by atoms with E-state index >= 15 is 0 Å². The normalized spacial score (nSPS) is 11.3. The molecule has 0 atom stereocenters. The van der Waals surface area contributed by atoms with Gasteiger partial charge >= 0.3 is 6.03 Å². The van der Waals surface area contributed by atoms with Crippen LogP contribution in [0, 0.1) is 0 Å². The maximum absolute atomic E-state index is 12.9. The molecule has 3 rings (SSSR count). The van der Waals surface area contributed by atoms with Crippen LogP contribution in [0.4, 0.5) is 16.3 Å². The summed E-state index contributed by atoms with van der Waals surface area (Å²) < 4.78 is 1.14. The minimum Gasteiger partial charge on any atom is -0.351 e. The average molecular weight is 685 g/mol. The predicted octanol–water partition coefficient (Wildman–Crippen LogP) is 11.8. The third kappa shape index (κ3) is 11.3. The third-order valence-electron chi connectivity index (χ3n) is 7.94. The van der Waals surface area contributed by atoms with E-state index in [1.54, 1.807) is 6.07 Å². The van der Waals surface area contributed by atoms with Gasteiger partial charge in [0.1, 0.15) is 11.5 Å². The number of anilines is 2. The van der Waals surface area contributed by atoms with Crippen molar-refractivity contribution in [3.8, 4) is 5.69 Å². The fraction of sp³-hybridized carbons (Fsp3) is 0.529. The zero-order valence-electron chi connectivity index (χ0n) is 25.8. The summed E-state index contributed by atoms with van der Waals surface area (Å²) in [6, 6.07) is 8.94. The Labute approximate surface area is 282 Å². The quantitative estimate of drug-likeness (QED) is 0.116. The lowest BCUT2D eigenvalue weighted by Gasteiger charge is -2.21. The van der Waals surface area contributed by atoms with Crippen molar-refractivity contribution < 1.29 is 4.79 Å². The second kappa shape index (κ2) is 19.4. The fourth-order valence-electron chi connectivity index (χ4n) is 5.54. The number of nitrogens with zero attached hydrogens (tertiary/aromatic N) is 2. The second-order valence-corrected chi connectivity index (χ2v) is 13.2. The molecule has 2 aromatic carbocycles. The Balaban J connectivity index is 1.46. The first-order valence-electron chi connectivity index (χ1n) is 16.1. The highest BCUT2D eigenvalue weighted by Gasteiger charge is 2.23. The second-order valence-electron chi connectivity index (χ2n) is 11.5. The van der Waals surface area contributed by atoms with E-state index in [0.717, 1.165) is 29.5 Å². The number of urea groups is 1. The third-order valence-corrected chi connectivity index (χ3v) is 9.06. The van der Waals surface area contributed by atoms with E-state index in [4.69, 9.17) is 52.1 Å². The van der Waals surface area contributed by atoms with Crippen LogP contribution in [-0.4, -0.2) is 15.8 Å². The summed E-state index contributed by atoms with van der Waals surface area (Å²) >= 11 is 25.2. The summed E-state index contributed by atoms with van der Waals surface area (Å²) in [5.74, 6) is 0.131. The molecule has 44 heavy (non-hydrogen) atoms. The largest absolute Gasteiger partial charge is 0.351 e. The number of aromatic nitrogens is 2. The van der Waals surface area contributed by atoms with Gasteiger partial charge in [0.2, 0.25) is 0 Å². The number of carbonyl (C=O) groups excluding carboxylic acids is 1. The Hall–Kier alpha value is -2.12. The lowest BCUT2D eigenvalue weighted by molar-refractivity contribution is 0.256. The molecular formula is C34H46Cl4N4O2. The summed E-state index contributed by atoms with van der Waals surface area (Å²) in [6.07, 6.45) is 22.0. The van der Waals surface area contributed by atoms with Gasteiger partial charge in [-0.3, -0.25) is 9.89 Å². The Kier molecular flexibility index (Phi) is 16.0. The maximum Gasteiger partial charge on any atom is 0.325 e. The number of nitrogens with one attached hydrogen (secondary N) is 1. The molecule has 0 radical (unpaired) electrons. The van der Waals surface area contributed by atoms with Crippen LogP contribution < -0.4 is 16.2 Å². The summed E-state index contributed by atoms with van der Waals surface area (Å²) in [5, 5.41) is 3.88. The van der Waals surface area contributed by atoms with Crippen molar-refractivity contribution in [2.24, 2.45) is 5.73 Å². The van der Waals surface area contributed by atoms with Gasteiger partial charge in [0, 0.05) is 11.1 Å². The zero-order chi connectivity index (χ0) is 31.9. The molecule has 2 amide bonds. The standard InChI is InChI=1S/C34H46Cl4N4O2/c1-2-3-4-5-6-7-8-9-10-11-12-13-14-15-16-17-18-25-19-20-27(36)30(21-25)41(34(39)44)31-24-32(43)42(40-31)33-28(37)22-26(35)23-29(33)38/h19-24,40H,2-18H2,1H3,(H2,39,44). The number of benzene rings is 2. The number of carbonyl (C=O) groups is 1. The van der Waals surface area contributed by atoms with E-state index < -0.39 is 11.6 Å². The number of aromatic amines is 1. The van der Waals surface area contributed by atoms with Crippen molar-refractivity contribution >= 4 is 63.9 Å². The first-order valence-corrected chi connectivity index (χ1v) is 17.6. The van der Waals surface area contributed by atoms with Crippen LogP contribution in [-0.2, 0) is 6.42 Å². The highest BCUT2D eigenvalue weighted by molar-refractivity contribution is 6.40. The molecule has 0 aliphatic carbocycles. The molecule has 10 heteroatoms. The topological polar surface area (TPSA) is 84.1 Å². The minimum absolute atomic E-state index is 0.131. The van der Waals surface area contributed by atoms with Gasteiger partial charge in [0.25, 0.3) is 5.56 Å². The van der Waals surface area contributed by atoms with Crippen LogP contribution >= 0.6 is 46.4 Å². The minimum atomic E-state index is -0.798. The van der Waals surface area contributed by atoms with Crippen LogP contribution in [0.1, 0.15) is 115 Å². The molecule has 0 saturated heterocycles. The lowest BCUT2D eigenvalue weighted by Crippen LogP contribution is -2.32. The van der Waals surface area contributed by atoms with E-state index in [9.17, 15) is 9.59 Å². The number of H-pyrrole nitrogens is 1. The molecule has 1 aromatic heterocycles. The van der Waals surface area contributed by atoms with Crippen LogP contribution in [0.5, 0.6) is 0 Å². The number of unbranched alkanes of at least 4 members (excludes halogenated alkanes) is 15. The highest BCUT2D eigenvalue weighted by atomic mass is 35.5. The number of nitrogens with two attached hydrogens (primary N) is 1. The molecule has 3 aromatic rings. The van der Waals surface area contributed by atoms with Crippen molar-refractivity contribution in [3.63, 3.8) is 0 Å². The zero-order valence-corrected chi connectivity index (χ0v) is 28.8. The predicted molar refractivity (Wildman–Crippen MR) is 188 cm³/mol. The Morgan fingerprint density at radius 1 is 0.727 bits per heavy atom. The van der Waals surface area contributed by atoms with Gasteiger partial charge in [0.05, 0.1) is 20.8 Å². The number of halogens is 4. The number of hydrogen-bond acceptors (Lipinski definition) is 2. The first kappa shape index (κ1) is 36.3. The van der Waals surface area contributed by atoms with Gasteiger partial charge in [-0.1, -0.05) is 156 Å². The highest BCUT2D eigenvalue weighted by Crippen LogP contribution is 2.34. The maximum atomic E-state index is 12.9.